The van der Waals surface area contributed by atoms with Crippen molar-refractivity contribution in [3.8, 4) is 56.3 Å². The minimum absolute atomic E-state index is 0.564. The second-order valence-electron chi connectivity index (χ2n) is 14.2. The van der Waals surface area contributed by atoms with Crippen molar-refractivity contribution in [3.05, 3.63) is 216 Å². The summed E-state index contributed by atoms with van der Waals surface area (Å²) in [6.45, 7) is 0. The number of fused-ring (bicyclic) bond motifs is 11. The summed E-state index contributed by atoms with van der Waals surface area (Å²) >= 11 is 0. The van der Waals surface area contributed by atoms with Crippen molar-refractivity contribution in [2.75, 3.05) is 0 Å². The van der Waals surface area contributed by atoms with Crippen LogP contribution < -0.4 is 0 Å². The molecule has 1 spiro atoms. The van der Waals surface area contributed by atoms with E-state index >= 15 is 0 Å². The fourth-order valence-corrected chi connectivity index (χ4v) is 8.81. The van der Waals surface area contributed by atoms with Gasteiger partial charge in [0.05, 0.1) is 22.5 Å². The first kappa shape index (κ1) is 31.2. The first-order valence-electron chi connectivity index (χ1n) is 18.6. The third-order valence-electron chi connectivity index (χ3n) is 11.3. The minimum atomic E-state index is -0.564. The first-order valence-corrected chi connectivity index (χ1v) is 18.6. The Labute approximate surface area is 319 Å². The van der Waals surface area contributed by atoms with Crippen LogP contribution >= 0.6 is 0 Å². The molecule has 1 atom stereocenters. The van der Waals surface area contributed by atoms with Gasteiger partial charge in [0.1, 0.15) is 0 Å². The zero-order chi connectivity index (χ0) is 36.3. The van der Waals surface area contributed by atoms with Gasteiger partial charge >= 0.3 is 0 Å². The number of hydrogen-bond acceptors (Lipinski definition) is 4. The Bertz CT molecular complexity index is 2970. The van der Waals surface area contributed by atoms with Crippen molar-refractivity contribution < 1.29 is 0 Å². The maximum Gasteiger partial charge on any atom is 0.161 e. The number of aromatic nitrogens is 4. The standard InChI is InChI=1S/C51H32N4/c1-2-13-36(14-3-1)47-30-48(55-50(54-47)39-25-27-46(53-32-39)38-15-10-28-52-31-38)37-23-22-35-21-20-34-12-5-8-18-42(34)51(45(35)29-37)43-19-9-7-17-41(43)49-40-16-6-4-11-33(40)24-26-44(49)51/h1-32H. The molecule has 3 aromatic heterocycles. The van der Waals surface area contributed by atoms with E-state index in [0.29, 0.717) is 5.82 Å². The normalized spacial score (nSPS) is 14.9. The molecule has 3 heterocycles. The molecule has 2 aliphatic rings. The number of hydrogen-bond donors (Lipinski definition) is 0. The van der Waals surface area contributed by atoms with Gasteiger partial charge in [0.2, 0.25) is 0 Å². The molecule has 0 fully saturated rings. The molecule has 0 N–H and O–H groups in total. The summed E-state index contributed by atoms with van der Waals surface area (Å²) in [5.74, 6) is 0.625. The largest absolute Gasteiger partial charge is 0.264 e. The van der Waals surface area contributed by atoms with Gasteiger partial charge in [0.25, 0.3) is 0 Å². The monoisotopic (exact) mass is 700 g/mol. The molecule has 0 aliphatic heterocycles. The van der Waals surface area contributed by atoms with Crippen LogP contribution in [0.4, 0.5) is 0 Å². The Morgan fingerprint density at radius 1 is 0.418 bits per heavy atom. The molecule has 0 amide bonds. The lowest BCUT2D eigenvalue weighted by atomic mass is 9.65. The molecular formula is C51H32N4. The van der Waals surface area contributed by atoms with Crippen molar-refractivity contribution in [2.24, 2.45) is 0 Å². The van der Waals surface area contributed by atoms with Crippen LogP contribution in [-0.4, -0.2) is 19.9 Å². The second-order valence-corrected chi connectivity index (χ2v) is 14.2. The molecule has 11 rings (SSSR count). The number of nitrogens with zero attached hydrogens (tertiary/aromatic N) is 4. The van der Waals surface area contributed by atoms with E-state index in [1.807, 2.05) is 42.7 Å². The van der Waals surface area contributed by atoms with Crippen molar-refractivity contribution in [2.45, 2.75) is 5.41 Å². The Kier molecular flexibility index (Phi) is 7.04. The van der Waals surface area contributed by atoms with Gasteiger partial charge in [0, 0.05) is 40.8 Å². The van der Waals surface area contributed by atoms with Crippen LogP contribution in [0.5, 0.6) is 0 Å². The Hall–Kier alpha value is -7.30. The molecule has 4 nitrogen and oxygen atoms in total. The molecule has 256 valence electrons. The molecular weight excluding hydrogens is 669 g/mol. The highest BCUT2D eigenvalue weighted by Gasteiger charge is 2.49. The van der Waals surface area contributed by atoms with Crippen LogP contribution in [0.15, 0.2) is 182 Å². The molecule has 9 aromatic rings. The third-order valence-corrected chi connectivity index (χ3v) is 11.3. The SMILES string of the molecule is C1=Cc2ccc(-c3cc(-c4ccccc4)nc(-c4ccc(-c5cccnc5)nc4)n3)cc2C2(c3ccccc31)c1ccccc1-c1c2ccc2ccccc12. The van der Waals surface area contributed by atoms with E-state index in [9.17, 15) is 0 Å². The summed E-state index contributed by atoms with van der Waals surface area (Å²) in [6, 6.07) is 58.7. The lowest BCUT2D eigenvalue weighted by Crippen LogP contribution is -2.30. The van der Waals surface area contributed by atoms with Crippen LogP contribution in [0.3, 0.4) is 0 Å². The quantitative estimate of drug-likeness (QED) is 0.183. The van der Waals surface area contributed by atoms with E-state index in [2.05, 4.69) is 151 Å². The summed E-state index contributed by atoms with van der Waals surface area (Å²) in [7, 11) is 0. The Morgan fingerprint density at radius 3 is 1.98 bits per heavy atom. The van der Waals surface area contributed by atoms with Gasteiger partial charge in [-0.25, -0.2) is 9.97 Å². The molecule has 55 heavy (non-hydrogen) atoms. The average molecular weight is 701 g/mol. The second kappa shape index (κ2) is 12.4. The first-order chi connectivity index (χ1) is 27.3. The summed E-state index contributed by atoms with van der Waals surface area (Å²) in [5, 5.41) is 2.51. The van der Waals surface area contributed by atoms with Gasteiger partial charge in [-0.15, -0.1) is 0 Å². The van der Waals surface area contributed by atoms with Crippen molar-refractivity contribution >= 4 is 22.9 Å². The third kappa shape index (κ3) is 4.85. The van der Waals surface area contributed by atoms with E-state index in [0.717, 1.165) is 39.3 Å². The van der Waals surface area contributed by atoms with E-state index in [4.69, 9.17) is 15.0 Å². The van der Waals surface area contributed by atoms with Gasteiger partial charge < -0.3 is 0 Å². The summed E-state index contributed by atoms with van der Waals surface area (Å²) in [4.78, 5) is 19.5. The van der Waals surface area contributed by atoms with E-state index < -0.39 is 5.41 Å². The van der Waals surface area contributed by atoms with E-state index in [1.54, 1.807) is 6.20 Å². The lowest BCUT2D eigenvalue weighted by molar-refractivity contribution is 0.767. The maximum absolute atomic E-state index is 5.28. The van der Waals surface area contributed by atoms with Gasteiger partial charge in [-0.3, -0.25) is 9.97 Å². The van der Waals surface area contributed by atoms with Gasteiger partial charge in [0.15, 0.2) is 5.82 Å². The highest BCUT2D eigenvalue weighted by molar-refractivity contribution is 6.05. The average Bonchev–Trinajstić information content (AvgIpc) is 3.48. The summed E-state index contributed by atoms with van der Waals surface area (Å²) in [5.41, 5.74) is 16.0. The molecule has 0 saturated carbocycles. The summed E-state index contributed by atoms with van der Waals surface area (Å²) < 4.78 is 0. The van der Waals surface area contributed by atoms with E-state index in [-0.39, 0.29) is 0 Å². The predicted molar refractivity (Wildman–Crippen MR) is 223 cm³/mol. The fraction of sp³-hybridized carbons (Fsp3) is 0.0196. The molecule has 1 unspecified atom stereocenters. The van der Waals surface area contributed by atoms with Crippen LogP contribution in [0.2, 0.25) is 0 Å². The fourth-order valence-electron chi connectivity index (χ4n) is 8.81. The van der Waals surface area contributed by atoms with Gasteiger partial charge in [-0.2, -0.15) is 0 Å². The predicted octanol–water partition coefficient (Wildman–Crippen LogP) is 11.9. The van der Waals surface area contributed by atoms with Crippen LogP contribution in [-0.2, 0) is 5.41 Å². The highest BCUT2D eigenvalue weighted by Crippen LogP contribution is 2.60. The van der Waals surface area contributed by atoms with Crippen molar-refractivity contribution in [3.63, 3.8) is 0 Å². The minimum Gasteiger partial charge on any atom is -0.264 e. The Balaban J connectivity index is 1.16. The lowest BCUT2D eigenvalue weighted by Gasteiger charge is -2.35. The summed E-state index contributed by atoms with van der Waals surface area (Å²) in [6.07, 6.45) is 10.0. The molecule has 2 aliphatic carbocycles. The number of benzene rings is 6. The molecule has 0 radical (unpaired) electrons. The topological polar surface area (TPSA) is 51.6 Å². The smallest absolute Gasteiger partial charge is 0.161 e. The van der Waals surface area contributed by atoms with Gasteiger partial charge in [-0.05, 0) is 91.7 Å². The molecule has 6 aromatic carbocycles. The van der Waals surface area contributed by atoms with Crippen molar-refractivity contribution in [1.82, 2.24) is 19.9 Å². The molecule has 0 saturated heterocycles. The van der Waals surface area contributed by atoms with Crippen LogP contribution in [0.1, 0.15) is 33.4 Å². The van der Waals surface area contributed by atoms with Crippen LogP contribution in [0.25, 0.3) is 79.2 Å². The number of rotatable bonds is 4. The van der Waals surface area contributed by atoms with Crippen molar-refractivity contribution in [1.29, 1.82) is 0 Å². The zero-order valence-electron chi connectivity index (χ0n) is 29.8. The Morgan fingerprint density at radius 2 is 1.15 bits per heavy atom. The van der Waals surface area contributed by atoms with E-state index in [1.165, 1.54) is 55.3 Å². The van der Waals surface area contributed by atoms with Crippen LogP contribution in [0, 0.1) is 0 Å². The van der Waals surface area contributed by atoms with Gasteiger partial charge in [-0.1, -0.05) is 140 Å². The maximum atomic E-state index is 5.28. The molecule has 0 bridgehead atoms. The molecule has 4 heteroatoms. The zero-order valence-corrected chi connectivity index (χ0v) is 29.8. The number of pyridine rings is 2. The highest BCUT2D eigenvalue weighted by atomic mass is 14.9.